The normalized spacial score (nSPS) is 21.8. The van der Waals surface area contributed by atoms with Crippen molar-refractivity contribution in [2.75, 3.05) is 111 Å². The quantitative estimate of drug-likeness (QED) is 0.208. The lowest BCUT2D eigenvalue weighted by Gasteiger charge is -2.47. The fourth-order valence-electron chi connectivity index (χ4n) is 15.2. The molecule has 1 aromatic heterocycles. The number of imidazole rings is 1. The molecule has 8 saturated heterocycles. The molecule has 604 valence electrons. The summed E-state index contributed by atoms with van der Waals surface area (Å²) in [6, 6.07) is 2.53. The second-order valence-corrected chi connectivity index (χ2v) is 36.2. The van der Waals surface area contributed by atoms with Gasteiger partial charge in [0, 0.05) is 77.8 Å². The van der Waals surface area contributed by atoms with Gasteiger partial charge in [-0.1, -0.05) is 138 Å². The predicted molar refractivity (Wildman–Crippen MR) is 398 cm³/mol. The monoisotopic (exact) mass is 1490 g/mol. The number of alkyl halides is 9. The summed E-state index contributed by atoms with van der Waals surface area (Å²) in [5.41, 5.74) is 1.69. The first-order chi connectivity index (χ1) is 48.0. The molecule has 8 aliphatic rings. The molecule has 8 aliphatic heterocycles. The van der Waals surface area contributed by atoms with Crippen molar-refractivity contribution in [3.8, 4) is 6.07 Å². The van der Waals surface area contributed by atoms with Gasteiger partial charge in [0.2, 0.25) is 23.6 Å². The third-order valence-electron chi connectivity index (χ3n) is 23.7. The molecule has 9 rings (SSSR count). The van der Waals surface area contributed by atoms with E-state index in [1.807, 2.05) is 50.3 Å². The zero-order valence-corrected chi connectivity index (χ0v) is 67.9. The zero-order valence-electron chi connectivity index (χ0n) is 67.9. The predicted octanol–water partition coefficient (Wildman–Crippen LogP) is 17.9. The van der Waals surface area contributed by atoms with Gasteiger partial charge in [-0.2, -0.15) is 44.8 Å². The lowest BCUT2D eigenvalue weighted by Crippen LogP contribution is -2.60. The van der Waals surface area contributed by atoms with Crippen molar-refractivity contribution in [3.05, 3.63) is 18.7 Å². The van der Waals surface area contributed by atoms with Gasteiger partial charge in [0.05, 0.1) is 50.5 Å². The molecule has 0 aromatic carbocycles. The van der Waals surface area contributed by atoms with Crippen LogP contribution in [0.2, 0.25) is 0 Å². The maximum Gasteiger partial charge on any atom is 0.397 e. The van der Waals surface area contributed by atoms with Crippen LogP contribution in [-0.4, -0.2) is 209 Å². The summed E-state index contributed by atoms with van der Waals surface area (Å²) >= 11 is 0. The van der Waals surface area contributed by atoms with Crippen molar-refractivity contribution in [2.45, 2.75) is 291 Å². The third-order valence-corrected chi connectivity index (χ3v) is 23.7. The Morgan fingerprint density at radius 2 is 0.885 bits per heavy atom. The van der Waals surface area contributed by atoms with Gasteiger partial charge in [0.25, 0.3) is 0 Å². The summed E-state index contributed by atoms with van der Waals surface area (Å²) in [6.07, 6.45) is 5.97. The fraction of sp³-hybridized carbons (Fsp3) is 0.900. The van der Waals surface area contributed by atoms with Crippen LogP contribution in [0.15, 0.2) is 18.7 Å². The van der Waals surface area contributed by atoms with Gasteiger partial charge in [0.15, 0.2) is 0 Å². The number of aromatic nitrogens is 2. The van der Waals surface area contributed by atoms with Gasteiger partial charge in [-0.05, 0) is 185 Å². The van der Waals surface area contributed by atoms with Crippen LogP contribution in [0.5, 0.6) is 0 Å². The molecular weight excluding hydrogens is 1350 g/mol. The highest BCUT2D eigenvalue weighted by molar-refractivity contribution is 5.82. The highest BCUT2D eigenvalue weighted by Gasteiger charge is 2.43. The minimum absolute atomic E-state index is 0.0153. The molecule has 24 heteroatoms. The minimum Gasteiger partial charge on any atom is -0.378 e. The second-order valence-electron chi connectivity index (χ2n) is 36.2. The molecule has 0 aliphatic carbocycles. The van der Waals surface area contributed by atoms with Crippen LogP contribution in [0.3, 0.4) is 0 Å². The van der Waals surface area contributed by atoms with E-state index in [1.54, 1.807) is 12.5 Å². The largest absolute Gasteiger partial charge is 0.397 e. The van der Waals surface area contributed by atoms with Gasteiger partial charge < -0.3 is 38.7 Å². The molecule has 1 atom stereocenters. The molecule has 0 spiro atoms. The molecule has 1 aromatic rings. The first-order valence-electron chi connectivity index (χ1n) is 39.4. The van der Waals surface area contributed by atoms with Crippen LogP contribution in [0.4, 0.5) is 39.5 Å². The van der Waals surface area contributed by atoms with Crippen molar-refractivity contribution in [3.63, 3.8) is 0 Å². The molecule has 9 heterocycles. The molecular formula is C80H141F9N10O5. The number of piperidine rings is 7. The lowest BCUT2D eigenvalue weighted by molar-refractivity contribution is -0.163. The average molecular weight is 1490 g/mol. The first kappa shape index (κ1) is 94.0. The number of hydrogen-bond donors (Lipinski definition) is 0. The van der Waals surface area contributed by atoms with Gasteiger partial charge in [-0.3, -0.25) is 24.1 Å². The Kier molecular flexibility index (Phi) is 38.1. The molecule has 0 bridgehead atoms. The molecule has 1 unspecified atom stereocenters. The Bertz CT molecular complexity index is 2590. The summed E-state index contributed by atoms with van der Waals surface area (Å²) in [6.45, 7) is 55.0. The van der Waals surface area contributed by atoms with E-state index >= 15 is 0 Å². The van der Waals surface area contributed by atoms with E-state index in [-0.39, 0.29) is 59.0 Å². The number of nitrogens with zero attached hydrogens (tertiary/aromatic N) is 10. The maximum absolute atomic E-state index is 13.0. The lowest BCUT2D eigenvalue weighted by atomic mass is 9.63. The summed E-state index contributed by atoms with van der Waals surface area (Å²) in [7, 11) is 0. The Balaban J connectivity index is 0.000000324. The van der Waals surface area contributed by atoms with Gasteiger partial charge >= 0.3 is 18.5 Å². The molecule has 15 nitrogen and oxygen atoms in total. The number of nitriles is 1. The number of amides is 4. The van der Waals surface area contributed by atoms with E-state index in [4.69, 9.17) is 10.00 Å². The Morgan fingerprint density at radius 1 is 0.500 bits per heavy atom. The summed E-state index contributed by atoms with van der Waals surface area (Å²) in [5.74, 6) is 3.09. The smallest absolute Gasteiger partial charge is 0.378 e. The second kappa shape index (κ2) is 42.1. The van der Waals surface area contributed by atoms with E-state index < -0.39 is 43.7 Å². The summed E-state index contributed by atoms with van der Waals surface area (Å²) in [5, 5.41) is 8.50. The number of rotatable bonds is 10. The molecule has 8 fully saturated rings. The Morgan fingerprint density at radius 3 is 1.23 bits per heavy atom. The molecule has 0 saturated carbocycles. The summed E-state index contributed by atoms with van der Waals surface area (Å²) < 4.78 is 116. The first-order valence-corrected chi connectivity index (χ1v) is 39.4. The van der Waals surface area contributed by atoms with E-state index in [0.29, 0.717) is 60.2 Å². The zero-order chi connectivity index (χ0) is 78.9. The van der Waals surface area contributed by atoms with Crippen LogP contribution in [0.1, 0.15) is 254 Å². The SMILES string of the molecule is CC.CC(C)(C)C1(C)CCN(C(=O)CC#N)CC1.CC(C)(C)C1CCN(C(=O)C2CCCCN2C2COC2)CC1.CC(C)(C)C1CCN(C(=O)CC(F)(F)F)CC1.CC(C)(C)C1CCN(CCC(F)(F)F)CC1.CC(C)(C)C1CCN(CCC(F)(F)F)CC1.CC1CCN(C(=O)Cn2ccnc2)CC1. The highest BCUT2D eigenvalue weighted by Crippen LogP contribution is 2.47. The van der Waals surface area contributed by atoms with Crippen LogP contribution in [0, 0.1) is 73.4 Å². The van der Waals surface area contributed by atoms with Gasteiger partial charge in [0.1, 0.15) is 19.4 Å². The Labute approximate surface area is 622 Å². The number of halogens is 9. The summed E-state index contributed by atoms with van der Waals surface area (Å²) in [4.78, 5) is 65.3. The molecule has 0 N–H and O–H groups in total. The van der Waals surface area contributed by atoms with Gasteiger partial charge in [-0.15, -0.1) is 0 Å². The van der Waals surface area contributed by atoms with E-state index in [1.165, 1.54) is 17.7 Å². The fourth-order valence-corrected chi connectivity index (χ4v) is 15.2. The van der Waals surface area contributed by atoms with Crippen molar-refractivity contribution in [1.82, 2.24) is 43.9 Å². The topological polar surface area (TPSA) is 142 Å². The van der Waals surface area contributed by atoms with Crippen LogP contribution >= 0.6 is 0 Å². The average Bonchev–Trinajstić information content (AvgIpc) is 0.951. The van der Waals surface area contributed by atoms with Crippen molar-refractivity contribution < 1.29 is 63.4 Å². The highest BCUT2D eigenvalue weighted by atomic mass is 19.4. The van der Waals surface area contributed by atoms with Crippen LogP contribution in [-0.2, 0) is 30.5 Å². The molecule has 104 heavy (non-hydrogen) atoms. The van der Waals surface area contributed by atoms with Crippen molar-refractivity contribution >= 4 is 23.6 Å². The maximum atomic E-state index is 13.0. The van der Waals surface area contributed by atoms with E-state index in [9.17, 15) is 58.7 Å². The van der Waals surface area contributed by atoms with Crippen molar-refractivity contribution in [2.24, 2.45) is 62.1 Å². The Hall–Kier alpha value is -4.21. The van der Waals surface area contributed by atoms with Gasteiger partial charge in [-0.25, -0.2) is 4.98 Å². The number of ether oxygens (including phenoxy) is 1. The minimum atomic E-state index is -4.39. The van der Waals surface area contributed by atoms with Crippen molar-refractivity contribution in [1.29, 1.82) is 5.26 Å². The standard InChI is InChI=1S/C18H32N2O2.C13H22N2O.C12H20F3NO.2C12H22F3N.C11H17N3O.C2H6/c1-18(2,3)14-7-10-19(11-8-14)17(21)16-6-4-5-9-20(16)15-12-22-13-15;1-12(2,3)13(4)6-9-15(10-7-13)11(16)5-8-14;1-11(2,3)9-4-6-16(7-5-9)10(17)8-12(13,14)15;2*1-11(2,3)10-4-7-16(8-5-10)9-6-12(13,14)15;1-10-2-5-14(6-3-10)11(15)8-13-7-4-12-9-13;1-2/h14-16H,4-13H2,1-3H3;5-7,9-10H2,1-4H3;9H,4-8H2,1-3H3;2*10H,4-9H2,1-3H3;4,7,9-10H,2-3,5-6,8H2,1H3;1-2H3. The molecule has 0 radical (unpaired) electrons. The molecule has 4 amide bonds. The number of carbonyl (C=O) groups is 4. The number of carbonyl (C=O) groups excluding carboxylic acids is 4. The van der Waals surface area contributed by atoms with Crippen LogP contribution in [0.25, 0.3) is 0 Å². The number of hydrogen-bond acceptors (Lipinski definition) is 10. The van der Waals surface area contributed by atoms with Crippen LogP contribution < -0.4 is 0 Å². The number of likely N-dealkylation sites (tertiary alicyclic amines) is 7. The van der Waals surface area contributed by atoms with E-state index in [2.05, 4.69) is 132 Å². The third kappa shape index (κ3) is 34.6. The van der Waals surface area contributed by atoms with E-state index in [0.717, 1.165) is 181 Å².